The van der Waals surface area contributed by atoms with Gasteiger partial charge in [-0.3, -0.25) is 19.8 Å². The van der Waals surface area contributed by atoms with Crippen LogP contribution in [0.3, 0.4) is 0 Å². The highest BCUT2D eigenvalue weighted by Gasteiger charge is 2.52. The van der Waals surface area contributed by atoms with Crippen molar-refractivity contribution in [1.29, 1.82) is 0 Å². The van der Waals surface area contributed by atoms with Gasteiger partial charge in [0, 0.05) is 0 Å². The van der Waals surface area contributed by atoms with Gasteiger partial charge in [0.2, 0.25) is 0 Å². The van der Waals surface area contributed by atoms with E-state index in [0.29, 0.717) is 17.0 Å². The first kappa shape index (κ1) is 18.9. The molecule has 1 heterocycles. The molecule has 2 N–H and O–H groups in total. The fourth-order valence-corrected chi connectivity index (χ4v) is 3.61. The SMILES string of the molecule is CC[C@]1(c2ccccc2)NC(=O)N(NC(=O)COC(=O)C2CCCC2)C1=O. The first-order chi connectivity index (χ1) is 13.0. The molecule has 2 aliphatic rings. The van der Waals surface area contributed by atoms with E-state index < -0.39 is 36.0 Å². The van der Waals surface area contributed by atoms with Crippen molar-refractivity contribution in [2.24, 2.45) is 5.92 Å². The first-order valence-corrected chi connectivity index (χ1v) is 9.16. The Hall–Kier alpha value is -2.90. The van der Waals surface area contributed by atoms with E-state index in [2.05, 4.69) is 10.7 Å². The summed E-state index contributed by atoms with van der Waals surface area (Å²) in [5, 5.41) is 3.32. The van der Waals surface area contributed by atoms with Crippen molar-refractivity contribution < 1.29 is 23.9 Å². The number of rotatable bonds is 6. The molecule has 1 aliphatic carbocycles. The smallest absolute Gasteiger partial charge is 0.344 e. The summed E-state index contributed by atoms with van der Waals surface area (Å²) in [6, 6.07) is 8.13. The topological polar surface area (TPSA) is 105 Å². The van der Waals surface area contributed by atoms with Gasteiger partial charge in [0.05, 0.1) is 5.92 Å². The molecule has 1 atom stereocenters. The third-order valence-electron chi connectivity index (χ3n) is 5.16. The Balaban J connectivity index is 1.63. The lowest BCUT2D eigenvalue weighted by Gasteiger charge is -2.25. The summed E-state index contributed by atoms with van der Waals surface area (Å²) in [5.74, 6) is -1.88. The number of amides is 4. The Bertz CT molecular complexity index is 745. The van der Waals surface area contributed by atoms with Crippen molar-refractivity contribution in [1.82, 2.24) is 15.8 Å². The Morgan fingerprint density at radius 1 is 1.22 bits per heavy atom. The van der Waals surface area contributed by atoms with Crippen LogP contribution in [-0.2, 0) is 24.7 Å². The summed E-state index contributed by atoms with van der Waals surface area (Å²) in [5.41, 5.74) is 1.64. The molecule has 144 valence electrons. The van der Waals surface area contributed by atoms with Crippen molar-refractivity contribution in [3.05, 3.63) is 35.9 Å². The summed E-state index contributed by atoms with van der Waals surface area (Å²) in [6.45, 7) is 1.25. The standard InChI is InChI=1S/C19H23N3O5/c1-2-19(14-10-4-3-5-11-14)17(25)22(18(26)20-19)21-15(23)12-27-16(24)13-8-6-7-9-13/h3-5,10-11,13H,2,6-9,12H2,1H3,(H,20,26)(H,21,23)/t19-/m1/s1. The Labute approximate surface area is 157 Å². The molecule has 1 saturated heterocycles. The number of nitrogens with one attached hydrogen (secondary N) is 2. The average molecular weight is 373 g/mol. The van der Waals surface area contributed by atoms with Gasteiger partial charge < -0.3 is 10.1 Å². The van der Waals surface area contributed by atoms with Crippen LogP contribution in [0.1, 0.15) is 44.6 Å². The van der Waals surface area contributed by atoms with Gasteiger partial charge in [-0.15, -0.1) is 0 Å². The van der Waals surface area contributed by atoms with Gasteiger partial charge >= 0.3 is 12.0 Å². The predicted molar refractivity (Wildman–Crippen MR) is 94.8 cm³/mol. The molecule has 0 bridgehead atoms. The molecular formula is C19H23N3O5. The van der Waals surface area contributed by atoms with Crippen LogP contribution in [0, 0.1) is 5.92 Å². The highest BCUT2D eigenvalue weighted by Crippen LogP contribution is 2.31. The summed E-state index contributed by atoms with van der Waals surface area (Å²) in [4.78, 5) is 49.1. The van der Waals surface area contributed by atoms with Crippen LogP contribution in [0.4, 0.5) is 4.79 Å². The van der Waals surface area contributed by atoms with Crippen LogP contribution in [0.25, 0.3) is 0 Å². The molecule has 1 aromatic rings. The minimum absolute atomic E-state index is 0.166. The Morgan fingerprint density at radius 2 is 1.89 bits per heavy atom. The second-order valence-electron chi connectivity index (χ2n) is 6.82. The van der Waals surface area contributed by atoms with Gasteiger partial charge in [0.1, 0.15) is 5.54 Å². The number of hydrogen-bond donors (Lipinski definition) is 2. The molecule has 4 amide bonds. The first-order valence-electron chi connectivity index (χ1n) is 9.16. The van der Waals surface area contributed by atoms with Crippen molar-refractivity contribution in [2.45, 2.75) is 44.6 Å². The number of nitrogens with zero attached hydrogens (tertiary/aromatic N) is 1. The number of urea groups is 1. The largest absolute Gasteiger partial charge is 0.455 e. The number of ether oxygens (including phenoxy) is 1. The van der Waals surface area contributed by atoms with Crippen LogP contribution >= 0.6 is 0 Å². The molecular weight excluding hydrogens is 350 g/mol. The van der Waals surface area contributed by atoms with E-state index in [4.69, 9.17) is 4.74 Å². The molecule has 0 unspecified atom stereocenters. The maximum Gasteiger partial charge on any atom is 0.344 e. The fraction of sp³-hybridized carbons (Fsp3) is 0.474. The van der Waals surface area contributed by atoms with Gasteiger partial charge in [-0.1, -0.05) is 50.1 Å². The van der Waals surface area contributed by atoms with E-state index in [1.165, 1.54) is 0 Å². The van der Waals surface area contributed by atoms with E-state index in [9.17, 15) is 19.2 Å². The van der Waals surface area contributed by atoms with Crippen LogP contribution in [0.15, 0.2) is 30.3 Å². The average Bonchev–Trinajstić information content (AvgIpc) is 3.30. The molecule has 0 spiro atoms. The van der Waals surface area contributed by atoms with Gasteiger partial charge in [-0.25, -0.2) is 4.79 Å². The molecule has 8 nitrogen and oxygen atoms in total. The summed E-state index contributed by atoms with van der Waals surface area (Å²) in [7, 11) is 0. The lowest BCUT2D eigenvalue weighted by molar-refractivity contribution is -0.154. The van der Waals surface area contributed by atoms with E-state index in [-0.39, 0.29) is 5.92 Å². The maximum absolute atomic E-state index is 12.9. The summed E-state index contributed by atoms with van der Waals surface area (Å²) < 4.78 is 5.01. The van der Waals surface area contributed by atoms with Crippen molar-refractivity contribution in [3.63, 3.8) is 0 Å². The van der Waals surface area contributed by atoms with Gasteiger partial charge in [-0.05, 0) is 24.8 Å². The van der Waals surface area contributed by atoms with Crippen LogP contribution < -0.4 is 10.7 Å². The van der Waals surface area contributed by atoms with E-state index >= 15 is 0 Å². The van der Waals surface area contributed by atoms with E-state index in [0.717, 1.165) is 25.7 Å². The highest BCUT2D eigenvalue weighted by molar-refractivity contribution is 6.08. The number of carbonyl (C=O) groups excluding carboxylic acids is 4. The second kappa shape index (κ2) is 7.77. The molecule has 8 heteroatoms. The third-order valence-corrected chi connectivity index (χ3v) is 5.16. The number of imide groups is 1. The summed E-state index contributed by atoms with van der Waals surface area (Å²) in [6.07, 6.45) is 3.82. The molecule has 1 aliphatic heterocycles. The Kier molecular flexibility index (Phi) is 5.43. The van der Waals surface area contributed by atoms with Gasteiger partial charge in [0.25, 0.3) is 11.8 Å². The van der Waals surface area contributed by atoms with Crippen molar-refractivity contribution in [2.75, 3.05) is 6.61 Å². The number of benzene rings is 1. The van der Waals surface area contributed by atoms with Gasteiger partial charge in [0.15, 0.2) is 6.61 Å². The number of carbonyl (C=O) groups is 4. The molecule has 2 fully saturated rings. The molecule has 27 heavy (non-hydrogen) atoms. The zero-order chi connectivity index (χ0) is 19.4. The van der Waals surface area contributed by atoms with E-state index in [1.54, 1.807) is 31.2 Å². The lowest BCUT2D eigenvalue weighted by atomic mass is 9.87. The predicted octanol–water partition coefficient (Wildman–Crippen LogP) is 1.61. The normalized spacial score (nSPS) is 22.6. The minimum atomic E-state index is -1.23. The minimum Gasteiger partial charge on any atom is -0.455 e. The van der Waals surface area contributed by atoms with Crippen LogP contribution in [0.5, 0.6) is 0 Å². The maximum atomic E-state index is 12.9. The molecule has 3 rings (SSSR count). The zero-order valence-corrected chi connectivity index (χ0v) is 15.2. The molecule has 0 radical (unpaired) electrons. The van der Waals surface area contributed by atoms with E-state index in [1.807, 2.05) is 6.07 Å². The third kappa shape index (κ3) is 3.65. The molecule has 1 aromatic carbocycles. The monoisotopic (exact) mass is 373 g/mol. The van der Waals surface area contributed by atoms with Crippen molar-refractivity contribution >= 4 is 23.8 Å². The van der Waals surface area contributed by atoms with Crippen LogP contribution in [0.2, 0.25) is 0 Å². The zero-order valence-electron chi connectivity index (χ0n) is 15.2. The van der Waals surface area contributed by atoms with Crippen LogP contribution in [-0.4, -0.2) is 35.4 Å². The lowest BCUT2D eigenvalue weighted by Crippen LogP contribution is -2.49. The van der Waals surface area contributed by atoms with Gasteiger partial charge in [-0.2, -0.15) is 5.01 Å². The number of esters is 1. The molecule has 1 saturated carbocycles. The van der Waals surface area contributed by atoms with Crippen molar-refractivity contribution in [3.8, 4) is 0 Å². The fourth-order valence-electron chi connectivity index (χ4n) is 3.61. The molecule has 0 aromatic heterocycles. The summed E-state index contributed by atoms with van der Waals surface area (Å²) >= 11 is 0. The highest BCUT2D eigenvalue weighted by atomic mass is 16.5. The Morgan fingerprint density at radius 3 is 2.52 bits per heavy atom. The number of hydrogen-bond acceptors (Lipinski definition) is 5. The quantitative estimate of drug-likeness (QED) is 0.582. The number of hydrazine groups is 1. The second-order valence-corrected chi connectivity index (χ2v) is 6.82.